The van der Waals surface area contributed by atoms with Crippen molar-refractivity contribution in [1.82, 2.24) is 9.88 Å². The van der Waals surface area contributed by atoms with Gasteiger partial charge in [0, 0.05) is 30.2 Å². The van der Waals surface area contributed by atoms with Crippen LogP contribution in [0.4, 0.5) is 0 Å². The van der Waals surface area contributed by atoms with Crippen molar-refractivity contribution in [2.75, 3.05) is 6.54 Å². The van der Waals surface area contributed by atoms with Gasteiger partial charge in [-0.3, -0.25) is 4.79 Å². The Balaban J connectivity index is 2.33. The molecule has 4 nitrogen and oxygen atoms in total. The van der Waals surface area contributed by atoms with Crippen molar-refractivity contribution in [2.45, 2.75) is 40.3 Å². The highest BCUT2D eigenvalue weighted by molar-refractivity contribution is 5.84. The minimum absolute atomic E-state index is 0.469. The first kappa shape index (κ1) is 15.6. The molecule has 0 spiro atoms. The standard InChI is InChI=1S/C17H24N2O2/c1-4-9-18-10-13-11-19(12-17(2,3)16(20)21)15-8-6-5-7-14(13)15/h5-8,11,18H,4,9-10,12H2,1-3H3,(H,20,21). The van der Waals surface area contributed by atoms with Gasteiger partial charge in [0.05, 0.1) is 5.41 Å². The second kappa shape index (κ2) is 6.31. The third-order valence-corrected chi connectivity index (χ3v) is 3.76. The number of nitrogens with zero attached hydrogens (tertiary/aromatic N) is 1. The molecule has 0 unspecified atom stereocenters. The maximum absolute atomic E-state index is 11.4. The maximum atomic E-state index is 11.4. The minimum Gasteiger partial charge on any atom is -0.481 e. The van der Waals surface area contributed by atoms with Crippen molar-refractivity contribution in [2.24, 2.45) is 5.41 Å². The minimum atomic E-state index is -0.782. The Morgan fingerprint density at radius 2 is 2.05 bits per heavy atom. The van der Waals surface area contributed by atoms with E-state index in [1.165, 1.54) is 10.9 Å². The van der Waals surface area contributed by atoms with Crippen LogP contribution in [0.25, 0.3) is 10.9 Å². The zero-order valence-corrected chi connectivity index (χ0v) is 13.0. The van der Waals surface area contributed by atoms with E-state index in [2.05, 4.69) is 35.1 Å². The Bertz CT molecular complexity index is 629. The topological polar surface area (TPSA) is 54.3 Å². The number of carboxylic acid groups (broad SMARTS) is 1. The molecule has 0 aliphatic carbocycles. The van der Waals surface area contributed by atoms with E-state index in [-0.39, 0.29) is 0 Å². The van der Waals surface area contributed by atoms with Gasteiger partial charge in [0.1, 0.15) is 0 Å². The van der Waals surface area contributed by atoms with Crippen LogP contribution in [0.5, 0.6) is 0 Å². The third kappa shape index (κ3) is 3.45. The highest BCUT2D eigenvalue weighted by Gasteiger charge is 2.28. The van der Waals surface area contributed by atoms with Gasteiger partial charge < -0.3 is 15.0 Å². The second-order valence-electron chi connectivity index (χ2n) is 6.17. The first-order valence-electron chi connectivity index (χ1n) is 7.46. The molecule has 1 aromatic heterocycles. The van der Waals surface area contributed by atoms with E-state index in [4.69, 9.17) is 0 Å². The van der Waals surface area contributed by atoms with Gasteiger partial charge in [0.25, 0.3) is 0 Å². The number of hydrogen-bond acceptors (Lipinski definition) is 2. The Hall–Kier alpha value is -1.81. The van der Waals surface area contributed by atoms with E-state index < -0.39 is 11.4 Å². The summed E-state index contributed by atoms with van der Waals surface area (Å²) < 4.78 is 2.06. The molecule has 4 heteroatoms. The number of hydrogen-bond donors (Lipinski definition) is 2. The molecule has 0 radical (unpaired) electrons. The fraction of sp³-hybridized carbons (Fsp3) is 0.471. The predicted octanol–water partition coefficient (Wildman–Crippen LogP) is 3.25. The lowest BCUT2D eigenvalue weighted by atomic mass is 9.94. The zero-order chi connectivity index (χ0) is 15.5. The van der Waals surface area contributed by atoms with Crippen LogP contribution in [0, 0.1) is 5.41 Å². The molecule has 0 atom stereocenters. The van der Waals surface area contributed by atoms with Gasteiger partial charge in [-0.2, -0.15) is 0 Å². The molecule has 1 aromatic carbocycles. The van der Waals surface area contributed by atoms with Gasteiger partial charge in [-0.05, 0) is 38.4 Å². The number of carboxylic acids is 1. The lowest BCUT2D eigenvalue weighted by Gasteiger charge is -2.20. The highest BCUT2D eigenvalue weighted by Crippen LogP contribution is 2.26. The SMILES string of the molecule is CCCNCc1cn(CC(C)(C)C(=O)O)c2ccccc12. The van der Waals surface area contributed by atoms with Crippen molar-refractivity contribution in [3.05, 3.63) is 36.0 Å². The molecule has 0 aliphatic rings. The number of nitrogens with one attached hydrogen (secondary N) is 1. The van der Waals surface area contributed by atoms with E-state index in [0.29, 0.717) is 6.54 Å². The quantitative estimate of drug-likeness (QED) is 0.769. The zero-order valence-electron chi connectivity index (χ0n) is 13.0. The molecule has 2 rings (SSSR count). The number of aliphatic carboxylic acids is 1. The number of rotatable bonds is 7. The first-order valence-corrected chi connectivity index (χ1v) is 7.46. The second-order valence-corrected chi connectivity index (χ2v) is 6.17. The van der Waals surface area contributed by atoms with Gasteiger partial charge in [-0.25, -0.2) is 0 Å². The molecular formula is C17H24N2O2. The first-order chi connectivity index (χ1) is 9.95. The smallest absolute Gasteiger partial charge is 0.310 e. The summed E-state index contributed by atoms with van der Waals surface area (Å²) in [6.45, 7) is 7.94. The van der Waals surface area contributed by atoms with Crippen LogP contribution < -0.4 is 5.32 Å². The molecule has 0 amide bonds. The lowest BCUT2D eigenvalue weighted by Crippen LogP contribution is -2.28. The summed E-state index contributed by atoms with van der Waals surface area (Å²) in [6.07, 6.45) is 3.18. The van der Waals surface area contributed by atoms with Crippen LogP contribution in [0.2, 0.25) is 0 Å². The number of aromatic nitrogens is 1. The van der Waals surface area contributed by atoms with E-state index in [9.17, 15) is 9.90 Å². The van der Waals surface area contributed by atoms with Crippen LogP contribution in [-0.4, -0.2) is 22.2 Å². The summed E-state index contributed by atoms with van der Waals surface area (Å²) >= 11 is 0. The van der Waals surface area contributed by atoms with Crippen LogP contribution >= 0.6 is 0 Å². The van der Waals surface area contributed by atoms with E-state index in [0.717, 1.165) is 25.0 Å². The molecule has 21 heavy (non-hydrogen) atoms. The van der Waals surface area contributed by atoms with Crippen molar-refractivity contribution >= 4 is 16.9 Å². The van der Waals surface area contributed by atoms with Crippen molar-refractivity contribution in [1.29, 1.82) is 0 Å². The summed E-state index contributed by atoms with van der Waals surface area (Å²) in [5.74, 6) is -0.772. The summed E-state index contributed by atoms with van der Waals surface area (Å²) in [5.41, 5.74) is 1.54. The monoisotopic (exact) mass is 288 g/mol. The van der Waals surface area contributed by atoms with E-state index >= 15 is 0 Å². The molecule has 2 aromatic rings. The van der Waals surface area contributed by atoms with Crippen molar-refractivity contribution in [3.8, 4) is 0 Å². The predicted molar refractivity (Wildman–Crippen MR) is 85.4 cm³/mol. The number of fused-ring (bicyclic) bond motifs is 1. The summed E-state index contributed by atoms with van der Waals surface area (Å²) in [7, 11) is 0. The van der Waals surface area contributed by atoms with Gasteiger partial charge >= 0.3 is 5.97 Å². The molecule has 0 bridgehead atoms. The average Bonchev–Trinajstić information content (AvgIpc) is 2.77. The van der Waals surface area contributed by atoms with Gasteiger partial charge in [0.15, 0.2) is 0 Å². The molecule has 114 valence electrons. The molecular weight excluding hydrogens is 264 g/mol. The van der Waals surface area contributed by atoms with Crippen molar-refractivity contribution < 1.29 is 9.90 Å². The highest BCUT2D eigenvalue weighted by atomic mass is 16.4. The fourth-order valence-corrected chi connectivity index (χ4v) is 2.49. The van der Waals surface area contributed by atoms with Crippen LogP contribution in [0.3, 0.4) is 0 Å². The molecule has 2 N–H and O–H groups in total. The van der Waals surface area contributed by atoms with Crippen LogP contribution in [0.15, 0.2) is 30.5 Å². The largest absolute Gasteiger partial charge is 0.481 e. The fourth-order valence-electron chi connectivity index (χ4n) is 2.49. The van der Waals surface area contributed by atoms with Crippen LogP contribution in [0.1, 0.15) is 32.8 Å². The molecule has 0 saturated carbocycles. The molecule has 0 aliphatic heterocycles. The third-order valence-electron chi connectivity index (χ3n) is 3.76. The maximum Gasteiger partial charge on any atom is 0.310 e. The molecule has 1 heterocycles. The van der Waals surface area contributed by atoms with E-state index in [1.54, 1.807) is 13.8 Å². The summed E-state index contributed by atoms with van der Waals surface area (Å²) in [4.78, 5) is 11.4. The van der Waals surface area contributed by atoms with Gasteiger partial charge in [0.2, 0.25) is 0 Å². The lowest BCUT2D eigenvalue weighted by molar-refractivity contribution is -0.147. The van der Waals surface area contributed by atoms with Crippen molar-refractivity contribution in [3.63, 3.8) is 0 Å². The molecule has 0 fully saturated rings. The Labute approximate surface area is 125 Å². The Morgan fingerprint density at radius 1 is 1.33 bits per heavy atom. The van der Waals surface area contributed by atoms with Crippen LogP contribution in [-0.2, 0) is 17.9 Å². The number of carbonyl (C=O) groups is 1. The van der Waals surface area contributed by atoms with E-state index in [1.807, 2.05) is 12.1 Å². The summed E-state index contributed by atoms with van der Waals surface area (Å²) in [6, 6.07) is 8.17. The van der Waals surface area contributed by atoms with Gasteiger partial charge in [-0.15, -0.1) is 0 Å². The Kier molecular flexibility index (Phi) is 4.68. The summed E-state index contributed by atoms with van der Waals surface area (Å²) in [5, 5.41) is 13.9. The van der Waals surface area contributed by atoms with Gasteiger partial charge in [-0.1, -0.05) is 25.1 Å². The number of para-hydroxylation sites is 1. The Morgan fingerprint density at radius 3 is 2.71 bits per heavy atom. The molecule has 0 saturated heterocycles. The number of benzene rings is 1. The average molecular weight is 288 g/mol. The normalized spacial score (nSPS) is 12.0.